The van der Waals surface area contributed by atoms with Gasteiger partial charge in [0.05, 0.1) is 0 Å². The molecule has 1 unspecified atom stereocenters. The Morgan fingerprint density at radius 2 is 2.06 bits per heavy atom. The van der Waals surface area contributed by atoms with E-state index in [9.17, 15) is 8.78 Å². The van der Waals surface area contributed by atoms with Crippen LogP contribution in [0.5, 0.6) is 0 Å². The summed E-state index contributed by atoms with van der Waals surface area (Å²) in [6, 6.07) is -0.123. The summed E-state index contributed by atoms with van der Waals surface area (Å²) in [6.07, 6.45) is 4.51. The third kappa shape index (κ3) is 3.56. The minimum atomic E-state index is -2.82. The number of halogens is 2. The van der Waals surface area contributed by atoms with Gasteiger partial charge in [0.2, 0.25) is 0 Å². The van der Waals surface area contributed by atoms with Crippen LogP contribution in [0.3, 0.4) is 0 Å². The fraction of sp³-hybridized carbons (Fsp3) is 0.538. The van der Waals surface area contributed by atoms with E-state index in [0.717, 1.165) is 0 Å². The van der Waals surface area contributed by atoms with Gasteiger partial charge in [-0.25, -0.2) is 8.78 Å². The molecule has 1 atom stereocenters. The van der Waals surface area contributed by atoms with Crippen LogP contribution < -0.4 is 5.32 Å². The smallest absolute Gasteiger partial charge is 0.273 e. The van der Waals surface area contributed by atoms with Gasteiger partial charge in [-0.05, 0) is 26.5 Å². The summed E-state index contributed by atoms with van der Waals surface area (Å²) >= 11 is 0. The molecule has 0 aromatic rings. The van der Waals surface area contributed by atoms with Crippen molar-refractivity contribution in [3.63, 3.8) is 0 Å². The van der Waals surface area contributed by atoms with Crippen LogP contribution in [0.2, 0.25) is 0 Å². The van der Waals surface area contributed by atoms with Gasteiger partial charge in [-0.15, -0.1) is 0 Å². The van der Waals surface area contributed by atoms with Crippen LogP contribution in [0.15, 0.2) is 36.0 Å². The van der Waals surface area contributed by atoms with E-state index < -0.39 is 5.92 Å². The Bertz CT molecular complexity index is 290. The van der Waals surface area contributed by atoms with E-state index in [4.69, 9.17) is 0 Å². The van der Waals surface area contributed by atoms with Gasteiger partial charge in [-0.3, -0.25) is 0 Å². The molecule has 92 valence electrons. The number of alkyl halides is 2. The SMILES string of the molecule is C=C/C(=C(\C=C/C)C(C)NC)C(F)(F)CC. The molecule has 0 aliphatic carbocycles. The molecule has 1 nitrogen and oxygen atoms in total. The van der Waals surface area contributed by atoms with Crippen LogP contribution in [0, 0.1) is 0 Å². The summed E-state index contributed by atoms with van der Waals surface area (Å²) in [5, 5.41) is 2.97. The van der Waals surface area contributed by atoms with Crippen molar-refractivity contribution in [1.82, 2.24) is 5.32 Å². The lowest BCUT2D eigenvalue weighted by molar-refractivity contribution is 0.0403. The van der Waals surface area contributed by atoms with Crippen LogP contribution in [-0.2, 0) is 0 Å². The average Bonchev–Trinajstić information content (AvgIpc) is 2.27. The lowest BCUT2D eigenvalue weighted by atomic mass is 9.95. The van der Waals surface area contributed by atoms with E-state index in [1.165, 1.54) is 13.0 Å². The summed E-state index contributed by atoms with van der Waals surface area (Å²) in [6.45, 7) is 8.63. The molecule has 0 spiro atoms. The van der Waals surface area contributed by atoms with Gasteiger partial charge in [0.25, 0.3) is 5.92 Å². The fourth-order valence-corrected chi connectivity index (χ4v) is 1.47. The number of nitrogens with one attached hydrogen (secondary N) is 1. The minimum absolute atomic E-state index is 0.00921. The van der Waals surface area contributed by atoms with Crippen molar-refractivity contribution in [2.24, 2.45) is 0 Å². The van der Waals surface area contributed by atoms with E-state index in [1.54, 1.807) is 19.2 Å². The number of rotatable bonds is 6. The lowest BCUT2D eigenvalue weighted by Crippen LogP contribution is -2.28. The van der Waals surface area contributed by atoms with Gasteiger partial charge < -0.3 is 5.32 Å². The van der Waals surface area contributed by atoms with Crippen molar-refractivity contribution in [1.29, 1.82) is 0 Å². The molecule has 0 aliphatic heterocycles. The molecule has 0 heterocycles. The van der Waals surface area contributed by atoms with Crippen LogP contribution in [0.25, 0.3) is 0 Å². The summed E-state index contributed by atoms with van der Waals surface area (Å²) < 4.78 is 27.4. The molecule has 0 bridgehead atoms. The molecule has 0 aliphatic rings. The first kappa shape index (κ1) is 15.0. The van der Waals surface area contributed by atoms with Crippen molar-refractivity contribution >= 4 is 0 Å². The fourth-order valence-electron chi connectivity index (χ4n) is 1.47. The summed E-state index contributed by atoms with van der Waals surface area (Å²) in [4.78, 5) is 0. The predicted octanol–water partition coefficient (Wildman–Crippen LogP) is 3.70. The van der Waals surface area contributed by atoms with Crippen LogP contribution >= 0.6 is 0 Å². The monoisotopic (exact) mass is 229 g/mol. The van der Waals surface area contributed by atoms with Gasteiger partial charge in [0.15, 0.2) is 0 Å². The maximum atomic E-state index is 13.7. The first-order valence-electron chi connectivity index (χ1n) is 5.49. The third-order valence-corrected chi connectivity index (χ3v) is 2.60. The quantitative estimate of drug-likeness (QED) is 0.685. The Morgan fingerprint density at radius 1 is 1.50 bits per heavy atom. The molecule has 16 heavy (non-hydrogen) atoms. The molecule has 0 saturated carbocycles. The summed E-state index contributed by atoms with van der Waals surface area (Å²) in [5.41, 5.74) is 0.599. The zero-order valence-electron chi connectivity index (χ0n) is 10.5. The summed E-state index contributed by atoms with van der Waals surface area (Å²) in [5.74, 6) is -2.82. The number of likely N-dealkylation sites (N-methyl/N-ethyl adjacent to an activating group) is 1. The first-order valence-corrected chi connectivity index (χ1v) is 5.49. The minimum Gasteiger partial charge on any atom is -0.313 e. The number of hydrogen-bond donors (Lipinski definition) is 1. The molecule has 0 rings (SSSR count). The average molecular weight is 229 g/mol. The molecule has 0 radical (unpaired) electrons. The molecule has 1 N–H and O–H groups in total. The molecule has 0 saturated heterocycles. The highest BCUT2D eigenvalue weighted by atomic mass is 19.3. The Kier molecular flexibility index (Phi) is 6.19. The number of allylic oxidation sites excluding steroid dienone is 3. The molecule has 0 aromatic heterocycles. The Balaban J connectivity index is 5.58. The van der Waals surface area contributed by atoms with Crippen molar-refractivity contribution in [2.45, 2.75) is 39.2 Å². The molecule has 0 amide bonds. The zero-order valence-corrected chi connectivity index (χ0v) is 10.5. The molecule has 0 fully saturated rings. The Hall–Kier alpha value is -0.960. The van der Waals surface area contributed by atoms with Crippen molar-refractivity contribution in [2.75, 3.05) is 7.05 Å². The van der Waals surface area contributed by atoms with Gasteiger partial charge in [-0.1, -0.05) is 31.7 Å². The maximum Gasteiger partial charge on any atom is 0.273 e. The lowest BCUT2D eigenvalue weighted by Gasteiger charge is -2.22. The van der Waals surface area contributed by atoms with Crippen LogP contribution in [0.1, 0.15) is 27.2 Å². The second kappa shape index (κ2) is 6.59. The number of hydrogen-bond acceptors (Lipinski definition) is 1. The van der Waals surface area contributed by atoms with Crippen molar-refractivity contribution in [3.05, 3.63) is 36.0 Å². The standard InChI is InChI=1S/C13H21F2N/c1-6-9-11(10(4)16-5)12(7-2)13(14,15)8-3/h6-7,9-10,16H,2,8H2,1,3-5H3/b9-6-,12-11-. The Morgan fingerprint density at radius 3 is 2.38 bits per heavy atom. The van der Waals surface area contributed by atoms with Crippen LogP contribution in [-0.4, -0.2) is 19.0 Å². The maximum absolute atomic E-state index is 13.7. The molecule has 0 aromatic carbocycles. The normalized spacial score (nSPS) is 16.1. The molecule has 3 heteroatoms. The van der Waals surface area contributed by atoms with Crippen molar-refractivity contribution < 1.29 is 8.78 Å². The molecular formula is C13H21F2N. The van der Waals surface area contributed by atoms with Gasteiger partial charge in [0.1, 0.15) is 0 Å². The first-order chi connectivity index (χ1) is 7.44. The van der Waals surface area contributed by atoms with E-state index in [-0.39, 0.29) is 18.0 Å². The van der Waals surface area contributed by atoms with E-state index >= 15 is 0 Å². The second-order valence-electron chi connectivity index (χ2n) is 3.64. The highest BCUT2D eigenvalue weighted by Gasteiger charge is 2.32. The topological polar surface area (TPSA) is 12.0 Å². The third-order valence-electron chi connectivity index (χ3n) is 2.60. The van der Waals surface area contributed by atoms with Gasteiger partial charge >= 0.3 is 0 Å². The van der Waals surface area contributed by atoms with Crippen molar-refractivity contribution in [3.8, 4) is 0 Å². The highest BCUT2D eigenvalue weighted by Crippen LogP contribution is 2.32. The van der Waals surface area contributed by atoms with Gasteiger partial charge in [0, 0.05) is 18.0 Å². The zero-order chi connectivity index (χ0) is 12.8. The van der Waals surface area contributed by atoms with Gasteiger partial charge in [-0.2, -0.15) is 0 Å². The van der Waals surface area contributed by atoms with Crippen LogP contribution in [0.4, 0.5) is 8.78 Å². The highest BCUT2D eigenvalue weighted by molar-refractivity contribution is 5.39. The van der Waals surface area contributed by atoms with E-state index in [2.05, 4.69) is 11.9 Å². The van der Waals surface area contributed by atoms with E-state index in [0.29, 0.717) is 5.57 Å². The summed E-state index contributed by atoms with van der Waals surface area (Å²) in [7, 11) is 1.75. The largest absolute Gasteiger partial charge is 0.313 e. The Labute approximate surface area is 96.9 Å². The second-order valence-corrected chi connectivity index (χ2v) is 3.64. The van der Waals surface area contributed by atoms with E-state index in [1.807, 2.05) is 13.8 Å². The molecular weight excluding hydrogens is 208 g/mol. The predicted molar refractivity (Wildman–Crippen MR) is 65.8 cm³/mol.